The Kier molecular flexibility index (Phi) is 4.54. The normalized spacial score (nSPS) is 25.1. The molecule has 0 radical (unpaired) electrons. The molecular weight excluding hydrogens is 194 g/mol. The fourth-order valence-corrected chi connectivity index (χ4v) is 2.34. The number of hydrogen-bond acceptors (Lipinski definition) is 3. The van der Waals surface area contributed by atoms with E-state index in [-0.39, 0.29) is 6.54 Å². The molecule has 0 aromatic rings. The van der Waals surface area contributed by atoms with Gasteiger partial charge >= 0.3 is 5.97 Å². The quantitative estimate of drug-likeness (QED) is 0.699. The lowest BCUT2D eigenvalue weighted by Crippen LogP contribution is -2.40. The second kappa shape index (κ2) is 5.47. The lowest BCUT2D eigenvalue weighted by atomic mass is 9.75. The molecule has 88 valence electrons. The lowest BCUT2D eigenvalue weighted by molar-refractivity contribution is -0.150. The number of rotatable bonds is 6. The van der Waals surface area contributed by atoms with Gasteiger partial charge in [-0.05, 0) is 25.2 Å². The third kappa shape index (κ3) is 2.92. The summed E-state index contributed by atoms with van der Waals surface area (Å²) in [4.78, 5) is 11.3. The van der Waals surface area contributed by atoms with Gasteiger partial charge in [0.15, 0.2) is 0 Å². The third-order valence-corrected chi connectivity index (χ3v) is 3.28. The molecular formula is C11H21NO3. The molecule has 4 nitrogen and oxygen atoms in total. The highest BCUT2D eigenvalue weighted by Crippen LogP contribution is 2.34. The van der Waals surface area contributed by atoms with Crippen LogP contribution in [0, 0.1) is 11.3 Å². The SMILES string of the molecule is CCCC(CN)(CC1CCOC1)C(=O)O. The Balaban J connectivity index is 2.64. The fourth-order valence-electron chi connectivity index (χ4n) is 2.34. The highest BCUT2D eigenvalue weighted by molar-refractivity contribution is 5.75. The van der Waals surface area contributed by atoms with Gasteiger partial charge in [0.05, 0.1) is 5.41 Å². The van der Waals surface area contributed by atoms with E-state index in [9.17, 15) is 9.90 Å². The Hall–Kier alpha value is -0.610. The van der Waals surface area contributed by atoms with Gasteiger partial charge in [0, 0.05) is 19.8 Å². The smallest absolute Gasteiger partial charge is 0.310 e. The molecule has 1 aliphatic heterocycles. The molecule has 1 fully saturated rings. The summed E-state index contributed by atoms with van der Waals surface area (Å²) in [5.74, 6) is -0.380. The van der Waals surface area contributed by atoms with Crippen LogP contribution in [0.3, 0.4) is 0 Å². The van der Waals surface area contributed by atoms with Crippen molar-refractivity contribution in [2.24, 2.45) is 17.1 Å². The molecule has 0 bridgehead atoms. The lowest BCUT2D eigenvalue weighted by Gasteiger charge is -2.29. The first kappa shape index (κ1) is 12.5. The minimum absolute atomic E-state index is 0.229. The molecule has 2 atom stereocenters. The molecule has 1 saturated heterocycles. The van der Waals surface area contributed by atoms with Crippen LogP contribution in [0.2, 0.25) is 0 Å². The van der Waals surface area contributed by atoms with Gasteiger partial charge in [-0.1, -0.05) is 13.3 Å². The molecule has 0 amide bonds. The van der Waals surface area contributed by atoms with Gasteiger partial charge in [-0.2, -0.15) is 0 Å². The molecule has 0 saturated carbocycles. The van der Waals surface area contributed by atoms with Gasteiger partial charge in [0.2, 0.25) is 0 Å². The van der Waals surface area contributed by atoms with Crippen LogP contribution in [0.15, 0.2) is 0 Å². The number of aliphatic carboxylic acids is 1. The Morgan fingerprint density at radius 1 is 1.67 bits per heavy atom. The van der Waals surface area contributed by atoms with Crippen LogP contribution in [0.1, 0.15) is 32.6 Å². The second-order valence-electron chi connectivity index (χ2n) is 4.47. The van der Waals surface area contributed by atoms with Crippen molar-refractivity contribution in [3.8, 4) is 0 Å². The van der Waals surface area contributed by atoms with Crippen LogP contribution in [0.25, 0.3) is 0 Å². The zero-order valence-corrected chi connectivity index (χ0v) is 9.37. The maximum absolute atomic E-state index is 11.3. The Morgan fingerprint density at radius 2 is 2.40 bits per heavy atom. The first-order chi connectivity index (χ1) is 7.14. The van der Waals surface area contributed by atoms with E-state index in [1.54, 1.807) is 0 Å². The van der Waals surface area contributed by atoms with Crippen molar-refractivity contribution in [1.82, 2.24) is 0 Å². The molecule has 4 heteroatoms. The molecule has 2 unspecified atom stereocenters. The van der Waals surface area contributed by atoms with Gasteiger partial charge in [-0.15, -0.1) is 0 Å². The molecule has 3 N–H and O–H groups in total. The van der Waals surface area contributed by atoms with Gasteiger partial charge in [0.25, 0.3) is 0 Å². The first-order valence-electron chi connectivity index (χ1n) is 5.66. The minimum atomic E-state index is -0.751. The average molecular weight is 215 g/mol. The minimum Gasteiger partial charge on any atom is -0.481 e. The maximum atomic E-state index is 11.3. The topological polar surface area (TPSA) is 72.5 Å². The standard InChI is InChI=1S/C11H21NO3/c1-2-4-11(8-12,10(13)14)6-9-3-5-15-7-9/h9H,2-8,12H2,1H3,(H,13,14). The summed E-state index contributed by atoms with van der Waals surface area (Å²) >= 11 is 0. The van der Waals surface area contributed by atoms with Crippen molar-refractivity contribution in [2.45, 2.75) is 32.6 Å². The Bertz CT molecular complexity index is 214. The number of hydrogen-bond donors (Lipinski definition) is 2. The summed E-state index contributed by atoms with van der Waals surface area (Å²) in [6.45, 7) is 3.68. The Labute approximate surface area is 90.8 Å². The van der Waals surface area contributed by atoms with Crippen LogP contribution >= 0.6 is 0 Å². The highest BCUT2D eigenvalue weighted by Gasteiger charge is 2.39. The summed E-state index contributed by atoms with van der Waals surface area (Å²) in [7, 11) is 0. The molecule has 0 aromatic carbocycles. The van der Waals surface area contributed by atoms with E-state index in [0.717, 1.165) is 19.4 Å². The molecule has 15 heavy (non-hydrogen) atoms. The van der Waals surface area contributed by atoms with Crippen LogP contribution in [0.5, 0.6) is 0 Å². The molecule has 0 spiro atoms. The molecule has 1 rings (SSSR count). The van der Waals surface area contributed by atoms with E-state index in [2.05, 4.69) is 0 Å². The number of nitrogens with two attached hydrogens (primary N) is 1. The van der Waals surface area contributed by atoms with Gasteiger partial charge < -0.3 is 15.6 Å². The predicted octanol–water partition coefficient (Wildman–Crippen LogP) is 1.24. The third-order valence-electron chi connectivity index (χ3n) is 3.28. The molecule has 1 aliphatic rings. The van der Waals surface area contributed by atoms with Crippen LogP contribution in [-0.2, 0) is 9.53 Å². The molecule has 1 heterocycles. The number of carboxylic acid groups (broad SMARTS) is 1. The van der Waals surface area contributed by atoms with Crippen LogP contribution < -0.4 is 5.73 Å². The summed E-state index contributed by atoms with van der Waals surface area (Å²) in [6.07, 6.45) is 3.15. The summed E-state index contributed by atoms with van der Waals surface area (Å²) in [6, 6.07) is 0. The average Bonchev–Trinajstić information content (AvgIpc) is 2.69. The van der Waals surface area contributed by atoms with Crippen LogP contribution in [0.4, 0.5) is 0 Å². The fraction of sp³-hybridized carbons (Fsp3) is 0.909. The monoisotopic (exact) mass is 215 g/mol. The summed E-state index contributed by atoms with van der Waals surface area (Å²) in [5.41, 5.74) is 4.92. The van der Waals surface area contributed by atoms with Gasteiger partial charge in [0.1, 0.15) is 0 Å². The molecule has 0 aromatic heterocycles. The van der Waals surface area contributed by atoms with Crippen molar-refractivity contribution in [3.63, 3.8) is 0 Å². The Morgan fingerprint density at radius 3 is 2.80 bits per heavy atom. The number of ether oxygens (including phenoxy) is 1. The van der Waals surface area contributed by atoms with Crippen molar-refractivity contribution >= 4 is 5.97 Å². The van der Waals surface area contributed by atoms with Crippen molar-refractivity contribution < 1.29 is 14.6 Å². The van der Waals surface area contributed by atoms with E-state index < -0.39 is 11.4 Å². The van der Waals surface area contributed by atoms with E-state index in [0.29, 0.717) is 25.4 Å². The second-order valence-corrected chi connectivity index (χ2v) is 4.47. The van der Waals surface area contributed by atoms with E-state index in [1.165, 1.54) is 0 Å². The predicted molar refractivity (Wildman–Crippen MR) is 57.6 cm³/mol. The van der Waals surface area contributed by atoms with Crippen molar-refractivity contribution in [3.05, 3.63) is 0 Å². The number of carboxylic acids is 1. The first-order valence-corrected chi connectivity index (χ1v) is 5.66. The zero-order valence-electron chi connectivity index (χ0n) is 9.37. The van der Waals surface area contributed by atoms with Crippen molar-refractivity contribution in [1.29, 1.82) is 0 Å². The summed E-state index contributed by atoms with van der Waals surface area (Å²) < 4.78 is 5.27. The molecule has 0 aliphatic carbocycles. The summed E-state index contributed by atoms with van der Waals surface area (Å²) in [5, 5.41) is 9.29. The van der Waals surface area contributed by atoms with Crippen molar-refractivity contribution in [2.75, 3.05) is 19.8 Å². The number of carbonyl (C=O) groups is 1. The van der Waals surface area contributed by atoms with E-state index in [4.69, 9.17) is 10.5 Å². The maximum Gasteiger partial charge on any atom is 0.310 e. The van der Waals surface area contributed by atoms with E-state index >= 15 is 0 Å². The van der Waals surface area contributed by atoms with Gasteiger partial charge in [-0.25, -0.2) is 0 Å². The van der Waals surface area contributed by atoms with Crippen LogP contribution in [-0.4, -0.2) is 30.8 Å². The van der Waals surface area contributed by atoms with Gasteiger partial charge in [-0.3, -0.25) is 4.79 Å². The largest absolute Gasteiger partial charge is 0.481 e. The zero-order chi connectivity index (χ0) is 11.3. The van der Waals surface area contributed by atoms with E-state index in [1.807, 2.05) is 6.92 Å². The highest BCUT2D eigenvalue weighted by atomic mass is 16.5.